The van der Waals surface area contributed by atoms with Crippen molar-refractivity contribution in [2.45, 2.75) is 52.2 Å². The first-order valence-electron chi connectivity index (χ1n) is 11.6. The maximum Gasteiger partial charge on any atom is 0.251 e. The summed E-state index contributed by atoms with van der Waals surface area (Å²) in [6.45, 7) is 7.35. The van der Waals surface area contributed by atoms with Gasteiger partial charge in [-0.15, -0.1) is 0 Å². The van der Waals surface area contributed by atoms with Gasteiger partial charge in [0.05, 0.1) is 6.04 Å². The van der Waals surface area contributed by atoms with Crippen LogP contribution in [-0.2, 0) is 20.8 Å². The molecule has 0 spiro atoms. The van der Waals surface area contributed by atoms with Gasteiger partial charge >= 0.3 is 0 Å². The highest BCUT2D eigenvalue weighted by Gasteiger charge is 2.43. The first kappa shape index (κ1) is 26.3. The van der Waals surface area contributed by atoms with Crippen molar-refractivity contribution in [3.05, 3.63) is 65.2 Å². The van der Waals surface area contributed by atoms with Crippen LogP contribution in [0.4, 0.5) is 14.5 Å². The van der Waals surface area contributed by atoms with Gasteiger partial charge in [0.1, 0.15) is 29.4 Å². The van der Waals surface area contributed by atoms with Crippen molar-refractivity contribution in [2.75, 3.05) is 18.9 Å². The van der Waals surface area contributed by atoms with Crippen molar-refractivity contribution in [3.63, 3.8) is 0 Å². The number of likely N-dealkylation sites (N-methyl/N-ethyl adjacent to an activating group) is 1. The fraction of sp³-hybridized carbons (Fsp3) is 0.423. The van der Waals surface area contributed by atoms with Crippen LogP contribution in [0.1, 0.15) is 44.9 Å². The normalized spacial score (nSPS) is 17.2. The number of nitrogens with one attached hydrogen (secondary N) is 3. The molecule has 3 atom stereocenters. The maximum atomic E-state index is 14.3. The molecule has 2 aromatic carbocycles. The third-order valence-corrected chi connectivity index (χ3v) is 6.25. The van der Waals surface area contributed by atoms with Gasteiger partial charge in [-0.1, -0.05) is 51.1 Å². The monoisotopic (exact) mass is 486 g/mol. The summed E-state index contributed by atoms with van der Waals surface area (Å²) < 4.78 is 28.6. The smallest absolute Gasteiger partial charge is 0.251 e. The second kappa shape index (κ2) is 10.5. The minimum absolute atomic E-state index is 0.206. The average molecular weight is 487 g/mol. The summed E-state index contributed by atoms with van der Waals surface area (Å²) in [6.07, 6.45) is 0.498. The van der Waals surface area contributed by atoms with E-state index >= 15 is 0 Å². The van der Waals surface area contributed by atoms with Crippen molar-refractivity contribution in [1.29, 1.82) is 0 Å². The minimum Gasteiger partial charge on any atom is -0.342 e. The molecule has 3 amide bonds. The number of rotatable bonds is 6. The highest BCUT2D eigenvalue weighted by Crippen LogP contribution is 2.34. The highest BCUT2D eigenvalue weighted by molar-refractivity contribution is 6.00. The lowest BCUT2D eigenvalue weighted by Crippen LogP contribution is -2.59. The molecule has 3 rings (SSSR count). The third kappa shape index (κ3) is 5.67. The summed E-state index contributed by atoms with van der Waals surface area (Å²) in [7, 11) is 1.64. The quantitative estimate of drug-likeness (QED) is 0.585. The Hall–Kier alpha value is -3.33. The first-order valence-corrected chi connectivity index (χ1v) is 11.6. The molecular weight excluding hydrogens is 454 g/mol. The number of carbonyl (C=O) groups excluding carboxylic acids is 3. The van der Waals surface area contributed by atoms with E-state index in [-0.39, 0.29) is 12.5 Å². The van der Waals surface area contributed by atoms with E-state index in [4.69, 9.17) is 0 Å². The van der Waals surface area contributed by atoms with E-state index in [0.29, 0.717) is 12.0 Å². The van der Waals surface area contributed by atoms with E-state index in [0.717, 1.165) is 17.7 Å². The Morgan fingerprint density at radius 3 is 2.26 bits per heavy atom. The Morgan fingerprint density at radius 2 is 1.66 bits per heavy atom. The molecule has 2 aromatic rings. The number of halogens is 2. The molecule has 0 aromatic heterocycles. The fourth-order valence-electron chi connectivity index (χ4n) is 4.11. The Labute approximate surface area is 204 Å². The molecule has 1 aliphatic heterocycles. The number of para-hydroxylation sites is 1. The van der Waals surface area contributed by atoms with Crippen LogP contribution in [0.5, 0.6) is 0 Å². The Morgan fingerprint density at radius 1 is 1.03 bits per heavy atom. The van der Waals surface area contributed by atoms with Crippen LogP contribution in [0.3, 0.4) is 0 Å². The fourth-order valence-corrected chi connectivity index (χ4v) is 4.11. The average Bonchev–Trinajstić information content (AvgIpc) is 2.82. The van der Waals surface area contributed by atoms with Crippen LogP contribution in [0, 0.1) is 17.0 Å². The van der Waals surface area contributed by atoms with Gasteiger partial charge in [-0.2, -0.15) is 0 Å². The predicted molar refractivity (Wildman–Crippen MR) is 129 cm³/mol. The zero-order valence-electron chi connectivity index (χ0n) is 20.6. The lowest BCUT2D eigenvalue weighted by atomic mass is 9.83. The van der Waals surface area contributed by atoms with E-state index < -0.39 is 52.7 Å². The molecule has 0 bridgehead atoms. The summed E-state index contributed by atoms with van der Waals surface area (Å²) in [5, 5.41) is 8.00. The summed E-state index contributed by atoms with van der Waals surface area (Å²) in [4.78, 5) is 41.4. The molecule has 7 nitrogen and oxygen atoms in total. The zero-order chi connectivity index (χ0) is 25.9. The zero-order valence-corrected chi connectivity index (χ0v) is 20.6. The van der Waals surface area contributed by atoms with E-state index in [1.165, 1.54) is 11.0 Å². The van der Waals surface area contributed by atoms with Gasteiger partial charge in [-0.3, -0.25) is 14.4 Å². The van der Waals surface area contributed by atoms with Crippen LogP contribution in [0.2, 0.25) is 0 Å². The molecule has 188 valence electrons. The van der Waals surface area contributed by atoms with Crippen molar-refractivity contribution < 1.29 is 23.2 Å². The maximum absolute atomic E-state index is 14.3. The number of benzene rings is 2. The number of nitrogens with zero attached hydrogens (tertiary/aromatic N) is 1. The van der Waals surface area contributed by atoms with Gasteiger partial charge in [0, 0.05) is 6.54 Å². The summed E-state index contributed by atoms with van der Waals surface area (Å²) in [5.41, 5.74) is 0.196. The van der Waals surface area contributed by atoms with E-state index in [2.05, 4.69) is 16.0 Å². The van der Waals surface area contributed by atoms with Crippen LogP contribution in [0.15, 0.2) is 42.5 Å². The minimum atomic E-state index is -1.13. The van der Waals surface area contributed by atoms with Gasteiger partial charge in [0.25, 0.3) is 5.91 Å². The third-order valence-electron chi connectivity index (χ3n) is 6.25. The lowest BCUT2D eigenvalue weighted by molar-refractivity contribution is -0.145. The Bertz CT molecular complexity index is 1100. The SMILES string of the molecule is CNC(C)C(=O)NC(C(=O)N1CCc2ccccc2[C@H]1C(=O)Nc1c(F)cccc1F)C(C)(C)C. The Balaban J connectivity index is 2.00. The number of amides is 3. The van der Waals surface area contributed by atoms with Gasteiger partial charge in [0.2, 0.25) is 11.8 Å². The van der Waals surface area contributed by atoms with Crippen LogP contribution in [0.25, 0.3) is 0 Å². The first-order chi connectivity index (χ1) is 16.5. The second-order valence-electron chi connectivity index (χ2n) is 9.79. The molecule has 0 radical (unpaired) electrons. The van der Waals surface area contributed by atoms with E-state index in [9.17, 15) is 23.2 Å². The largest absolute Gasteiger partial charge is 0.342 e. The molecule has 0 aliphatic carbocycles. The molecule has 0 saturated heterocycles. The standard InChI is InChI=1S/C26H32F2N4O3/c1-15(29-5)23(33)31-22(26(2,3)4)25(35)32-14-13-16-9-6-7-10-17(16)21(32)24(34)30-20-18(27)11-8-12-19(20)28/h6-12,15,21-22,29H,13-14H2,1-5H3,(H,30,34)(H,31,33)/t15?,21-,22?/m0/s1. The second-order valence-corrected chi connectivity index (χ2v) is 9.79. The molecular formula is C26H32F2N4O3. The van der Waals surface area contributed by atoms with E-state index in [1.54, 1.807) is 26.1 Å². The van der Waals surface area contributed by atoms with Gasteiger partial charge < -0.3 is 20.9 Å². The topological polar surface area (TPSA) is 90.5 Å². The Kier molecular flexibility index (Phi) is 7.90. The number of fused-ring (bicyclic) bond motifs is 1. The predicted octanol–water partition coefficient (Wildman–Crippen LogP) is 3.17. The molecule has 1 heterocycles. The molecule has 0 saturated carbocycles. The molecule has 1 aliphatic rings. The van der Waals surface area contributed by atoms with E-state index in [1.807, 2.05) is 32.9 Å². The number of anilines is 1. The van der Waals surface area contributed by atoms with Crippen molar-refractivity contribution in [1.82, 2.24) is 15.5 Å². The van der Waals surface area contributed by atoms with Crippen molar-refractivity contribution in [2.24, 2.45) is 5.41 Å². The van der Waals surface area contributed by atoms with Crippen LogP contribution >= 0.6 is 0 Å². The number of carbonyl (C=O) groups is 3. The summed E-state index contributed by atoms with van der Waals surface area (Å²) in [6, 6.07) is 7.87. The van der Waals surface area contributed by atoms with Crippen molar-refractivity contribution >= 4 is 23.4 Å². The summed E-state index contributed by atoms with van der Waals surface area (Å²) >= 11 is 0. The van der Waals surface area contributed by atoms with Crippen LogP contribution in [-0.4, -0.2) is 48.3 Å². The van der Waals surface area contributed by atoms with Gasteiger partial charge in [-0.05, 0) is 49.1 Å². The van der Waals surface area contributed by atoms with Crippen LogP contribution < -0.4 is 16.0 Å². The molecule has 35 heavy (non-hydrogen) atoms. The number of hydrogen-bond donors (Lipinski definition) is 3. The van der Waals surface area contributed by atoms with Gasteiger partial charge in [0.15, 0.2) is 0 Å². The van der Waals surface area contributed by atoms with Gasteiger partial charge in [-0.25, -0.2) is 8.78 Å². The molecule has 0 fully saturated rings. The molecule has 3 N–H and O–H groups in total. The lowest BCUT2D eigenvalue weighted by Gasteiger charge is -2.41. The van der Waals surface area contributed by atoms with Crippen molar-refractivity contribution in [3.8, 4) is 0 Å². The molecule has 2 unspecified atom stereocenters. The summed E-state index contributed by atoms with van der Waals surface area (Å²) in [5.74, 6) is -3.37. The number of hydrogen-bond acceptors (Lipinski definition) is 4. The molecule has 9 heteroatoms. The highest BCUT2D eigenvalue weighted by atomic mass is 19.1.